The maximum atomic E-state index is 12.3. The summed E-state index contributed by atoms with van der Waals surface area (Å²) in [5.74, 6) is 1.05. The fourth-order valence-electron chi connectivity index (χ4n) is 3.87. The number of amides is 2. The van der Waals surface area contributed by atoms with Gasteiger partial charge in [0.1, 0.15) is 6.10 Å². The van der Waals surface area contributed by atoms with Crippen molar-refractivity contribution in [1.29, 1.82) is 0 Å². The Morgan fingerprint density at radius 3 is 2.43 bits per heavy atom. The molecule has 0 spiro atoms. The number of rotatable bonds is 6. The number of morpholine rings is 1. The molecule has 0 saturated carbocycles. The van der Waals surface area contributed by atoms with Crippen LogP contribution in [0.5, 0.6) is 6.01 Å². The summed E-state index contributed by atoms with van der Waals surface area (Å²) in [5.41, 5.74) is 2.07. The number of pyridine rings is 1. The van der Waals surface area contributed by atoms with Gasteiger partial charge in [0.05, 0.1) is 32.5 Å². The summed E-state index contributed by atoms with van der Waals surface area (Å²) in [4.78, 5) is 32.2. The number of carbonyl (C=O) groups is 1. The molecule has 3 aromatic rings. The van der Waals surface area contributed by atoms with Crippen LogP contribution in [0.4, 0.5) is 22.1 Å². The van der Waals surface area contributed by atoms with Crippen molar-refractivity contribution in [2.45, 2.75) is 25.5 Å². The molecule has 2 atom stereocenters. The van der Waals surface area contributed by atoms with E-state index >= 15 is 0 Å². The third-order valence-corrected chi connectivity index (χ3v) is 5.73. The highest BCUT2D eigenvalue weighted by molar-refractivity contribution is 5.99. The van der Waals surface area contributed by atoms with Crippen molar-refractivity contribution in [3.8, 4) is 17.4 Å². The number of hydrogen-bond donors (Lipinski definition) is 2. The first kappa shape index (κ1) is 22.9. The van der Waals surface area contributed by atoms with Crippen molar-refractivity contribution < 1.29 is 19.0 Å². The minimum atomic E-state index is -0.345. The Morgan fingerprint density at radius 2 is 1.71 bits per heavy atom. The van der Waals surface area contributed by atoms with Crippen molar-refractivity contribution in [3.05, 3.63) is 48.8 Å². The largest absolute Gasteiger partial charge is 0.457 e. The zero-order valence-electron chi connectivity index (χ0n) is 19.4. The van der Waals surface area contributed by atoms with Gasteiger partial charge in [-0.25, -0.2) is 4.79 Å². The van der Waals surface area contributed by atoms with Crippen molar-refractivity contribution in [2.75, 3.05) is 48.5 Å². The minimum Gasteiger partial charge on any atom is -0.457 e. The van der Waals surface area contributed by atoms with Gasteiger partial charge in [0.2, 0.25) is 5.95 Å². The number of anilines is 3. The Hall–Kier alpha value is -3.83. The highest BCUT2D eigenvalue weighted by Gasteiger charge is 2.25. The SMILES string of the molecule is C[C@H]1COCCN1c1nc(OC2CCOC2)nc(-c2ccc(NC(=O)Nc3ccncc3)cc2)n1. The van der Waals surface area contributed by atoms with Gasteiger partial charge < -0.3 is 29.7 Å². The van der Waals surface area contributed by atoms with E-state index in [1.807, 2.05) is 12.1 Å². The predicted molar refractivity (Wildman–Crippen MR) is 130 cm³/mol. The van der Waals surface area contributed by atoms with Crippen LogP contribution in [0.15, 0.2) is 48.8 Å². The maximum Gasteiger partial charge on any atom is 0.323 e. The zero-order chi connectivity index (χ0) is 24.0. The standard InChI is InChI=1S/C24H27N7O4/c1-16-14-34-13-11-31(16)22-28-21(29-24(30-22)35-20-8-12-33-15-20)17-2-4-18(5-3-17)26-23(32)27-19-6-9-25-10-7-19/h2-7,9-10,16,20H,8,11-15H2,1H3,(H2,25,26,27,32)/t16-,20?/m0/s1. The Kier molecular flexibility index (Phi) is 6.96. The van der Waals surface area contributed by atoms with Gasteiger partial charge in [0, 0.05) is 42.3 Å². The van der Waals surface area contributed by atoms with Crippen LogP contribution in [-0.2, 0) is 9.47 Å². The molecule has 4 heterocycles. The average molecular weight is 478 g/mol. The molecule has 2 fully saturated rings. The zero-order valence-corrected chi connectivity index (χ0v) is 19.4. The smallest absolute Gasteiger partial charge is 0.323 e. The maximum absolute atomic E-state index is 12.3. The number of nitrogens with zero attached hydrogens (tertiary/aromatic N) is 5. The highest BCUT2D eigenvalue weighted by Crippen LogP contribution is 2.25. The van der Waals surface area contributed by atoms with Gasteiger partial charge in [-0.15, -0.1) is 0 Å². The summed E-state index contributed by atoms with van der Waals surface area (Å²) in [6.45, 7) is 5.17. The molecule has 0 aliphatic carbocycles. The molecule has 5 rings (SSSR count). The normalized spacial score (nSPS) is 19.9. The Balaban J connectivity index is 1.35. The van der Waals surface area contributed by atoms with E-state index in [1.54, 1.807) is 36.7 Å². The molecule has 182 valence electrons. The monoisotopic (exact) mass is 477 g/mol. The summed E-state index contributed by atoms with van der Waals surface area (Å²) in [6.07, 6.45) is 3.95. The van der Waals surface area contributed by atoms with Gasteiger partial charge >= 0.3 is 12.0 Å². The van der Waals surface area contributed by atoms with E-state index < -0.39 is 0 Å². The van der Waals surface area contributed by atoms with Gasteiger partial charge in [-0.05, 0) is 43.3 Å². The summed E-state index contributed by atoms with van der Waals surface area (Å²) < 4.78 is 17.0. The van der Waals surface area contributed by atoms with Crippen molar-refractivity contribution in [3.63, 3.8) is 0 Å². The molecule has 2 saturated heterocycles. The lowest BCUT2D eigenvalue weighted by molar-refractivity contribution is 0.0977. The fraction of sp³-hybridized carbons (Fsp3) is 0.375. The van der Waals surface area contributed by atoms with Crippen LogP contribution in [0.1, 0.15) is 13.3 Å². The minimum absolute atomic E-state index is 0.0781. The summed E-state index contributed by atoms with van der Waals surface area (Å²) in [7, 11) is 0. The third kappa shape index (κ3) is 5.81. The van der Waals surface area contributed by atoms with Crippen LogP contribution in [0.25, 0.3) is 11.4 Å². The van der Waals surface area contributed by atoms with E-state index in [0.717, 1.165) is 12.0 Å². The molecule has 2 aliphatic rings. The first-order valence-electron chi connectivity index (χ1n) is 11.6. The second kappa shape index (κ2) is 10.6. The number of carbonyl (C=O) groups excluding carboxylic acids is 1. The summed E-state index contributed by atoms with van der Waals surface area (Å²) in [5, 5.41) is 5.57. The second-order valence-corrected chi connectivity index (χ2v) is 8.35. The lowest BCUT2D eigenvalue weighted by Crippen LogP contribution is -2.44. The molecule has 11 heteroatoms. The van der Waals surface area contributed by atoms with E-state index in [4.69, 9.17) is 19.2 Å². The molecule has 0 radical (unpaired) electrons. The van der Waals surface area contributed by atoms with Crippen LogP contribution in [0.2, 0.25) is 0 Å². The van der Waals surface area contributed by atoms with Gasteiger partial charge in [-0.1, -0.05) is 0 Å². The molecule has 1 unspecified atom stereocenters. The number of benzene rings is 1. The van der Waals surface area contributed by atoms with Crippen LogP contribution in [0.3, 0.4) is 0 Å². The molecule has 0 bridgehead atoms. The first-order valence-corrected chi connectivity index (χ1v) is 11.6. The van der Waals surface area contributed by atoms with Gasteiger partial charge in [0.25, 0.3) is 0 Å². The summed E-state index contributed by atoms with van der Waals surface area (Å²) >= 11 is 0. The van der Waals surface area contributed by atoms with Gasteiger partial charge in [-0.2, -0.15) is 15.0 Å². The molecule has 2 amide bonds. The molecule has 2 aliphatic heterocycles. The van der Waals surface area contributed by atoms with E-state index in [1.165, 1.54) is 0 Å². The predicted octanol–water partition coefficient (Wildman–Crippen LogP) is 2.97. The van der Waals surface area contributed by atoms with Crippen molar-refractivity contribution in [1.82, 2.24) is 19.9 Å². The quantitative estimate of drug-likeness (QED) is 0.551. The van der Waals surface area contributed by atoms with Crippen molar-refractivity contribution >= 4 is 23.4 Å². The summed E-state index contributed by atoms with van der Waals surface area (Å²) in [6, 6.07) is 10.8. The molecule has 2 aromatic heterocycles. The van der Waals surface area contributed by atoms with E-state index in [-0.39, 0.29) is 24.2 Å². The van der Waals surface area contributed by atoms with Gasteiger partial charge in [-0.3, -0.25) is 4.98 Å². The molecular formula is C24H27N7O4. The van der Waals surface area contributed by atoms with E-state index in [0.29, 0.717) is 56.1 Å². The molecular weight excluding hydrogens is 450 g/mol. The van der Waals surface area contributed by atoms with E-state index in [9.17, 15) is 4.79 Å². The second-order valence-electron chi connectivity index (χ2n) is 8.35. The first-order chi connectivity index (χ1) is 17.1. The number of hydrogen-bond acceptors (Lipinski definition) is 9. The Bertz CT molecular complexity index is 1140. The lowest BCUT2D eigenvalue weighted by Gasteiger charge is -2.33. The Morgan fingerprint density at radius 1 is 0.971 bits per heavy atom. The van der Waals surface area contributed by atoms with Crippen LogP contribution in [-0.4, -0.2) is 71.1 Å². The Labute approximate surface area is 202 Å². The molecule has 11 nitrogen and oxygen atoms in total. The highest BCUT2D eigenvalue weighted by atomic mass is 16.6. The van der Waals surface area contributed by atoms with E-state index in [2.05, 4.69) is 37.4 Å². The van der Waals surface area contributed by atoms with Gasteiger partial charge in [0.15, 0.2) is 5.82 Å². The molecule has 1 aromatic carbocycles. The number of ether oxygens (including phenoxy) is 3. The number of nitrogens with one attached hydrogen (secondary N) is 2. The molecule has 35 heavy (non-hydrogen) atoms. The average Bonchev–Trinajstić information content (AvgIpc) is 3.38. The third-order valence-electron chi connectivity index (χ3n) is 5.73. The number of aromatic nitrogens is 4. The van der Waals surface area contributed by atoms with Crippen LogP contribution in [0, 0.1) is 0 Å². The number of urea groups is 1. The van der Waals surface area contributed by atoms with Crippen LogP contribution >= 0.6 is 0 Å². The lowest BCUT2D eigenvalue weighted by atomic mass is 10.2. The van der Waals surface area contributed by atoms with Crippen LogP contribution < -0.4 is 20.3 Å². The molecule has 2 N–H and O–H groups in total. The van der Waals surface area contributed by atoms with Crippen molar-refractivity contribution in [2.24, 2.45) is 0 Å². The topological polar surface area (TPSA) is 124 Å². The fourth-order valence-corrected chi connectivity index (χ4v) is 3.87.